The number of allylic oxidation sites excluding steroid dienone is 3. The molecule has 3 heteroatoms. The lowest BCUT2D eigenvalue weighted by Gasteiger charge is -2.66. The lowest BCUT2D eigenvalue weighted by molar-refractivity contribution is -0.174. The zero-order valence-electron chi connectivity index (χ0n) is 27.2. The predicted octanol–water partition coefficient (Wildman–Crippen LogP) is 8.68. The molecule has 7 rings (SSSR count). The highest BCUT2D eigenvalue weighted by Gasteiger charge is 2.88. The maximum Gasteiger partial charge on any atom is 0.112 e. The molecule has 7 aliphatic rings. The van der Waals surface area contributed by atoms with Crippen molar-refractivity contribution in [3.8, 4) is 0 Å². The molecule has 7 unspecified atom stereocenters. The molecule has 224 valence electrons. The van der Waals surface area contributed by atoms with Crippen LogP contribution >= 0.6 is 0 Å². The lowest BCUT2D eigenvalue weighted by atomic mass is 9.40. The van der Waals surface area contributed by atoms with Crippen LogP contribution < -0.4 is 5.73 Å². The van der Waals surface area contributed by atoms with E-state index >= 15 is 0 Å². The molecule has 12 atom stereocenters. The van der Waals surface area contributed by atoms with E-state index in [0.717, 1.165) is 17.8 Å². The maximum absolute atomic E-state index is 6.87. The zero-order valence-corrected chi connectivity index (χ0v) is 27.2. The van der Waals surface area contributed by atoms with E-state index in [1.165, 1.54) is 57.8 Å². The molecule has 2 N–H and O–H groups in total. The second-order valence-corrected chi connectivity index (χ2v) is 17.7. The highest BCUT2D eigenvalue weighted by molar-refractivity contribution is 5.48. The van der Waals surface area contributed by atoms with Crippen molar-refractivity contribution in [1.29, 1.82) is 0 Å². The number of fused-ring (bicyclic) bond motifs is 5. The summed E-state index contributed by atoms with van der Waals surface area (Å²) in [6.07, 6.45) is 19.5. The van der Waals surface area contributed by atoms with Crippen LogP contribution in [-0.2, 0) is 9.47 Å². The van der Waals surface area contributed by atoms with Gasteiger partial charge < -0.3 is 15.2 Å². The quantitative estimate of drug-likeness (QED) is 0.337. The zero-order chi connectivity index (χ0) is 28.7. The summed E-state index contributed by atoms with van der Waals surface area (Å²) >= 11 is 0. The van der Waals surface area contributed by atoms with Crippen LogP contribution in [0.5, 0.6) is 0 Å². The molecule has 0 amide bonds. The van der Waals surface area contributed by atoms with E-state index < -0.39 is 0 Å². The normalized spacial score (nSPS) is 54.0. The van der Waals surface area contributed by atoms with E-state index in [0.29, 0.717) is 46.7 Å². The maximum atomic E-state index is 6.87. The molecule has 5 saturated carbocycles. The minimum absolute atomic E-state index is 0.0206. The summed E-state index contributed by atoms with van der Waals surface area (Å²) in [5.41, 5.74) is 10.2. The van der Waals surface area contributed by atoms with Crippen molar-refractivity contribution in [2.45, 2.75) is 137 Å². The Balaban J connectivity index is 1.23. The van der Waals surface area contributed by atoms with Crippen molar-refractivity contribution in [2.24, 2.45) is 68.3 Å². The van der Waals surface area contributed by atoms with E-state index in [2.05, 4.69) is 80.7 Å². The summed E-state index contributed by atoms with van der Waals surface area (Å²) in [7, 11) is 0. The highest BCUT2D eigenvalue weighted by Crippen LogP contribution is 2.93. The Labute approximate surface area is 245 Å². The summed E-state index contributed by atoms with van der Waals surface area (Å²) in [4.78, 5) is 0. The average Bonchev–Trinajstić information content (AvgIpc) is 3.29. The van der Waals surface area contributed by atoms with Crippen LogP contribution in [0.15, 0.2) is 24.0 Å². The Hall–Kier alpha value is -0.800. The molecule has 0 saturated heterocycles. The minimum Gasteiger partial charge on any atom is -0.495 e. The molecular formula is C37H59NO2. The molecule has 40 heavy (non-hydrogen) atoms. The summed E-state index contributed by atoms with van der Waals surface area (Å²) in [5.74, 6) is 3.98. The molecule has 0 aromatic carbocycles. The van der Waals surface area contributed by atoms with E-state index in [9.17, 15) is 0 Å². The van der Waals surface area contributed by atoms with Gasteiger partial charge in [0, 0.05) is 16.4 Å². The minimum atomic E-state index is -0.259. The van der Waals surface area contributed by atoms with E-state index in [1.54, 1.807) is 0 Å². The summed E-state index contributed by atoms with van der Waals surface area (Å²) in [6.45, 7) is 22.6. The van der Waals surface area contributed by atoms with Crippen LogP contribution in [0.4, 0.5) is 0 Å². The van der Waals surface area contributed by atoms with Crippen LogP contribution in [0.2, 0.25) is 0 Å². The molecule has 3 nitrogen and oxygen atoms in total. The molecule has 3 spiro atoms. The molecule has 0 radical (unpaired) electrons. The van der Waals surface area contributed by atoms with Crippen molar-refractivity contribution < 1.29 is 9.47 Å². The number of nitrogens with two attached hydrogens (primary N) is 1. The van der Waals surface area contributed by atoms with Crippen LogP contribution in [0.1, 0.15) is 120 Å². The van der Waals surface area contributed by atoms with Gasteiger partial charge in [0.2, 0.25) is 0 Å². The second-order valence-electron chi connectivity index (χ2n) is 17.7. The Morgan fingerprint density at radius 3 is 2.50 bits per heavy atom. The predicted molar refractivity (Wildman–Crippen MR) is 163 cm³/mol. The van der Waals surface area contributed by atoms with E-state index in [-0.39, 0.29) is 22.0 Å². The van der Waals surface area contributed by atoms with E-state index in [1.807, 2.05) is 5.57 Å². The Morgan fingerprint density at radius 1 is 1.05 bits per heavy atom. The van der Waals surface area contributed by atoms with Crippen LogP contribution in [0.3, 0.4) is 0 Å². The van der Waals surface area contributed by atoms with Gasteiger partial charge in [-0.15, -0.1) is 0 Å². The first-order valence-electron chi connectivity index (χ1n) is 17.1. The van der Waals surface area contributed by atoms with Crippen LogP contribution in [0.25, 0.3) is 0 Å². The van der Waals surface area contributed by atoms with Crippen molar-refractivity contribution >= 4 is 0 Å². The third-order valence-corrected chi connectivity index (χ3v) is 16.2. The number of hydrogen-bond acceptors (Lipinski definition) is 3. The fourth-order valence-corrected chi connectivity index (χ4v) is 12.9. The first kappa shape index (κ1) is 28.0. The largest absolute Gasteiger partial charge is 0.495 e. The molecule has 1 heterocycles. The third-order valence-electron chi connectivity index (χ3n) is 16.2. The topological polar surface area (TPSA) is 44.5 Å². The van der Waals surface area contributed by atoms with Gasteiger partial charge in [-0.1, -0.05) is 67.0 Å². The van der Waals surface area contributed by atoms with Gasteiger partial charge in [0.05, 0.1) is 19.0 Å². The van der Waals surface area contributed by atoms with Gasteiger partial charge >= 0.3 is 0 Å². The molecule has 5 fully saturated rings. The Kier molecular flexibility index (Phi) is 5.75. The summed E-state index contributed by atoms with van der Waals surface area (Å²) in [6, 6.07) is 0. The molecular weight excluding hydrogens is 490 g/mol. The highest BCUT2D eigenvalue weighted by atomic mass is 16.5. The number of ether oxygens (including phenoxy) is 2. The van der Waals surface area contributed by atoms with Crippen LogP contribution in [-0.4, -0.2) is 23.9 Å². The Bertz CT molecular complexity index is 1140. The molecule has 6 aliphatic carbocycles. The number of rotatable bonds is 6. The van der Waals surface area contributed by atoms with Gasteiger partial charge in [0.1, 0.15) is 5.60 Å². The third kappa shape index (κ3) is 3.01. The first-order valence-corrected chi connectivity index (χ1v) is 17.1. The molecule has 0 aromatic heterocycles. The standard InChI is InChI=1S/C37H59NO2/c1-23(2)25(5)36-17-16-32(8)27-10-11-29-31(7)20-35(15-13-30(31)39-22-33(9,38)24(3)4)26(6)37(29,35)28(27)12-14-34(32,21-36)18-19-40-36/h12,18-19,23-27,29-30H,10-11,13-17,20-22,38H2,1-9H3/t25-,26?,27?,29?,30?,31+,32?,33+,34-,35?,36-,37?/m1/s1. The fraction of sp³-hybridized carbons (Fsp3) is 0.892. The lowest BCUT2D eigenvalue weighted by Crippen LogP contribution is -2.61. The van der Waals surface area contributed by atoms with E-state index in [4.69, 9.17) is 15.2 Å². The summed E-state index contributed by atoms with van der Waals surface area (Å²) in [5, 5.41) is 0. The van der Waals surface area contributed by atoms with Crippen molar-refractivity contribution in [1.82, 2.24) is 0 Å². The van der Waals surface area contributed by atoms with Crippen molar-refractivity contribution in [3.63, 3.8) is 0 Å². The molecule has 4 bridgehead atoms. The summed E-state index contributed by atoms with van der Waals surface area (Å²) < 4.78 is 13.5. The molecule has 1 aliphatic heterocycles. The SMILES string of the molecule is CC(C)[C@@H](C)[C@]12CCC3(C)C4CCC5C6(C4=CC[C@@]3(C=CO1)C2)C(C)C61CCC(OC[C@](C)(N)C(C)C)[C@@]5(C)C1. The van der Waals surface area contributed by atoms with Crippen molar-refractivity contribution in [3.05, 3.63) is 24.0 Å². The second kappa shape index (κ2) is 8.22. The van der Waals surface area contributed by atoms with Gasteiger partial charge in [0.25, 0.3) is 0 Å². The number of hydrogen-bond donors (Lipinski definition) is 1. The van der Waals surface area contributed by atoms with Gasteiger partial charge in [-0.3, -0.25) is 0 Å². The van der Waals surface area contributed by atoms with Crippen molar-refractivity contribution in [2.75, 3.05) is 6.61 Å². The molecule has 0 aromatic rings. The fourth-order valence-electron chi connectivity index (χ4n) is 12.9. The van der Waals surface area contributed by atoms with Gasteiger partial charge in [0.15, 0.2) is 0 Å². The van der Waals surface area contributed by atoms with Gasteiger partial charge in [-0.05, 0) is 123 Å². The monoisotopic (exact) mass is 549 g/mol. The Morgan fingerprint density at radius 2 is 1.80 bits per heavy atom. The van der Waals surface area contributed by atoms with Gasteiger partial charge in [-0.2, -0.15) is 0 Å². The van der Waals surface area contributed by atoms with Gasteiger partial charge in [-0.25, -0.2) is 0 Å². The average molecular weight is 550 g/mol. The smallest absolute Gasteiger partial charge is 0.112 e. The van der Waals surface area contributed by atoms with Crippen LogP contribution in [0, 0.1) is 62.6 Å². The first-order chi connectivity index (χ1) is 18.7.